The average molecular weight is 374 g/mol. The largest absolute Gasteiger partial charge is 0.369 e. The normalized spacial score (nSPS) is 10.6. The minimum absolute atomic E-state index is 0.106. The third kappa shape index (κ3) is 3.73. The smallest absolute Gasteiger partial charge is 0.258 e. The summed E-state index contributed by atoms with van der Waals surface area (Å²) in [6, 6.07) is 12.0. The molecule has 0 saturated heterocycles. The number of benzene rings is 2. The molecule has 0 aliphatic rings. The number of hydrogen-bond donors (Lipinski definition) is 2. The third-order valence-electron chi connectivity index (χ3n) is 3.58. The van der Waals surface area contributed by atoms with E-state index in [4.69, 9.17) is 28.9 Å². The van der Waals surface area contributed by atoms with Crippen LogP contribution in [-0.2, 0) is 11.2 Å². The highest BCUT2D eigenvalue weighted by atomic mass is 35.5. The average Bonchev–Trinajstić information content (AvgIpc) is 2.54. The number of nitrogens with one attached hydrogen (secondary N) is 1. The first kappa shape index (κ1) is 17.2. The lowest BCUT2D eigenvalue weighted by Crippen LogP contribution is -2.14. The number of nitrogens with zero attached hydrogens (tertiary/aromatic N) is 1. The number of rotatable bonds is 4. The lowest BCUT2D eigenvalue weighted by Gasteiger charge is -2.11. The summed E-state index contributed by atoms with van der Waals surface area (Å²) in [5.41, 5.74) is 7.22. The van der Waals surface area contributed by atoms with E-state index < -0.39 is 11.8 Å². The van der Waals surface area contributed by atoms with Crippen molar-refractivity contribution in [1.82, 2.24) is 4.98 Å². The molecule has 3 aromatic rings. The molecule has 0 atom stereocenters. The standard InChI is InChI=1S/C18H13Cl2N3O2/c19-12-4-2-5-13(20)16(12)18(25)23-14-6-1-3-11-7-10(8-15(21)24)9-22-17(11)14/h1-7,9H,8H2,(H2,21,24)(H,23,25). The quantitative estimate of drug-likeness (QED) is 0.728. The Kier molecular flexibility index (Phi) is 4.88. The molecule has 0 aliphatic carbocycles. The molecule has 3 rings (SSSR count). The monoisotopic (exact) mass is 373 g/mol. The number of amides is 2. The van der Waals surface area contributed by atoms with Crippen molar-refractivity contribution < 1.29 is 9.59 Å². The third-order valence-corrected chi connectivity index (χ3v) is 4.21. The minimum atomic E-state index is -0.432. The van der Waals surface area contributed by atoms with Crippen molar-refractivity contribution in [3.05, 3.63) is 69.8 Å². The Bertz CT molecular complexity index is 969. The van der Waals surface area contributed by atoms with Crippen LogP contribution in [0.25, 0.3) is 10.9 Å². The first-order valence-electron chi connectivity index (χ1n) is 7.37. The van der Waals surface area contributed by atoms with Gasteiger partial charge in [0.2, 0.25) is 5.91 Å². The number of para-hydroxylation sites is 1. The van der Waals surface area contributed by atoms with Crippen LogP contribution in [-0.4, -0.2) is 16.8 Å². The lowest BCUT2D eigenvalue weighted by atomic mass is 10.1. The van der Waals surface area contributed by atoms with Gasteiger partial charge in [-0.05, 0) is 29.8 Å². The van der Waals surface area contributed by atoms with Crippen molar-refractivity contribution in [1.29, 1.82) is 0 Å². The zero-order valence-corrected chi connectivity index (χ0v) is 14.4. The summed E-state index contributed by atoms with van der Waals surface area (Å²) < 4.78 is 0. The maximum Gasteiger partial charge on any atom is 0.258 e. The predicted octanol–water partition coefficient (Wildman–Crippen LogP) is 3.82. The first-order valence-corrected chi connectivity index (χ1v) is 8.12. The predicted molar refractivity (Wildman–Crippen MR) is 99.1 cm³/mol. The molecule has 0 saturated carbocycles. The maximum atomic E-state index is 12.5. The Hall–Kier alpha value is -2.63. The fourth-order valence-electron chi connectivity index (χ4n) is 2.50. The molecule has 0 unspecified atom stereocenters. The van der Waals surface area contributed by atoms with E-state index in [-0.39, 0.29) is 22.0 Å². The summed E-state index contributed by atoms with van der Waals surface area (Å²) in [4.78, 5) is 27.9. The van der Waals surface area contributed by atoms with Crippen molar-refractivity contribution in [2.75, 3.05) is 5.32 Å². The molecular weight excluding hydrogens is 361 g/mol. The van der Waals surface area contributed by atoms with Crippen LogP contribution in [0.4, 0.5) is 5.69 Å². The number of aromatic nitrogens is 1. The molecule has 2 aromatic carbocycles. The van der Waals surface area contributed by atoms with E-state index in [1.807, 2.05) is 12.1 Å². The molecule has 3 N–H and O–H groups in total. The van der Waals surface area contributed by atoms with Crippen LogP contribution in [0, 0.1) is 0 Å². The van der Waals surface area contributed by atoms with E-state index >= 15 is 0 Å². The Labute approximate surface area is 153 Å². The van der Waals surface area contributed by atoms with Crippen molar-refractivity contribution in [2.24, 2.45) is 5.73 Å². The van der Waals surface area contributed by atoms with Crippen LogP contribution >= 0.6 is 23.2 Å². The summed E-state index contributed by atoms with van der Waals surface area (Å²) in [5, 5.41) is 4.09. The molecule has 25 heavy (non-hydrogen) atoms. The number of hydrogen-bond acceptors (Lipinski definition) is 3. The van der Waals surface area contributed by atoms with Gasteiger partial charge in [0.25, 0.3) is 5.91 Å². The lowest BCUT2D eigenvalue weighted by molar-refractivity contribution is -0.117. The number of anilines is 1. The fourth-order valence-corrected chi connectivity index (χ4v) is 3.07. The molecular formula is C18H13Cl2N3O2. The summed E-state index contributed by atoms with van der Waals surface area (Å²) in [6.07, 6.45) is 1.67. The number of pyridine rings is 1. The molecule has 5 nitrogen and oxygen atoms in total. The maximum absolute atomic E-state index is 12.5. The van der Waals surface area contributed by atoms with Crippen LogP contribution in [0.2, 0.25) is 10.0 Å². The van der Waals surface area contributed by atoms with Gasteiger partial charge in [0, 0.05) is 11.6 Å². The van der Waals surface area contributed by atoms with Gasteiger partial charge >= 0.3 is 0 Å². The molecule has 0 bridgehead atoms. The second-order valence-electron chi connectivity index (χ2n) is 5.41. The highest BCUT2D eigenvalue weighted by Crippen LogP contribution is 2.27. The van der Waals surface area contributed by atoms with Gasteiger partial charge in [-0.1, -0.05) is 41.4 Å². The molecule has 7 heteroatoms. The van der Waals surface area contributed by atoms with Gasteiger partial charge in [-0.15, -0.1) is 0 Å². The zero-order chi connectivity index (χ0) is 18.0. The number of nitrogens with two attached hydrogens (primary N) is 1. The van der Waals surface area contributed by atoms with Gasteiger partial charge in [0.05, 0.1) is 33.2 Å². The molecule has 126 valence electrons. The van der Waals surface area contributed by atoms with Crippen LogP contribution in [0.15, 0.2) is 48.7 Å². The van der Waals surface area contributed by atoms with Gasteiger partial charge in [-0.2, -0.15) is 0 Å². The second-order valence-corrected chi connectivity index (χ2v) is 6.23. The Morgan fingerprint density at radius 2 is 1.76 bits per heavy atom. The Morgan fingerprint density at radius 3 is 2.44 bits per heavy atom. The topological polar surface area (TPSA) is 85.1 Å². The summed E-state index contributed by atoms with van der Waals surface area (Å²) >= 11 is 12.1. The minimum Gasteiger partial charge on any atom is -0.369 e. The Morgan fingerprint density at radius 1 is 1.08 bits per heavy atom. The van der Waals surface area contributed by atoms with Gasteiger partial charge < -0.3 is 11.1 Å². The van der Waals surface area contributed by atoms with Crippen LogP contribution in [0.3, 0.4) is 0 Å². The van der Waals surface area contributed by atoms with Gasteiger partial charge in [-0.25, -0.2) is 0 Å². The first-order chi connectivity index (χ1) is 12.0. The van der Waals surface area contributed by atoms with Crippen molar-refractivity contribution >= 4 is 51.6 Å². The highest BCUT2D eigenvalue weighted by molar-refractivity contribution is 6.40. The van der Waals surface area contributed by atoms with Gasteiger partial charge in [0.1, 0.15) is 0 Å². The van der Waals surface area contributed by atoms with Crippen LogP contribution in [0.1, 0.15) is 15.9 Å². The number of fused-ring (bicyclic) bond motifs is 1. The fraction of sp³-hybridized carbons (Fsp3) is 0.0556. The zero-order valence-electron chi connectivity index (χ0n) is 12.9. The molecule has 0 fully saturated rings. The molecule has 0 radical (unpaired) electrons. The number of halogens is 2. The number of carbonyl (C=O) groups is 2. The van der Waals surface area contributed by atoms with Gasteiger partial charge in [0.15, 0.2) is 0 Å². The van der Waals surface area contributed by atoms with E-state index in [0.717, 1.165) is 5.39 Å². The molecule has 0 aliphatic heterocycles. The van der Waals surface area contributed by atoms with E-state index in [0.29, 0.717) is 16.8 Å². The molecule has 1 heterocycles. The molecule has 2 amide bonds. The number of primary amides is 1. The highest BCUT2D eigenvalue weighted by Gasteiger charge is 2.16. The van der Waals surface area contributed by atoms with Crippen LogP contribution < -0.4 is 11.1 Å². The van der Waals surface area contributed by atoms with Crippen LogP contribution in [0.5, 0.6) is 0 Å². The van der Waals surface area contributed by atoms with Crippen molar-refractivity contribution in [2.45, 2.75) is 6.42 Å². The van der Waals surface area contributed by atoms with E-state index in [2.05, 4.69) is 10.3 Å². The molecule has 0 spiro atoms. The van der Waals surface area contributed by atoms with Crippen molar-refractivity contribution in [3.8, 4) is 0 Å². The van der Waals surface area contributed by atoms with E-state index in [1.165, 1.54) is 0 Å². The van der Waals surface area contributed by atoms with E-state index in [9.17, 15) is 9.59 Å². The molecule has 1 aromatic heterocycles. The summed E-state index contributed by atoms with van der Waals surface area (Å²) in [6.45, 7) is 0. The van der Waals surface area contributed by atoms with Crippen molar-refractivity contribution in [3.63, 3.8) is 0 Å². The number of carbonyl (C=O) groups excluding carboxylic acids is 2. The second kappa shape index (κ2) is 7.09. The summed E-state index contributed by atoms with van der Waals surface area (Å²) in [7, 11) is 0. The summed E-state index contributed by atoms with van der Waals surface area (Å²) in [5.74, 6) is -0.856. The van der Waals surface area contributed by atoms with Gasteiger partial charge in [-0.3, -0.25) is 14.6 Å². The SMILES string of the molecule is NC(=O)Cc1cnc2c(NC(=O)c3c(Cl)cccc3Cl)cccc2c1. The Balaban J connectivity index is 1.96. The van der Waals surface area contributed by atoms with E-state index in [1.54, 1.807) is 36.5 Å².